The zero-order chi connectivity index (χ0) is 20.1. The van der Waals surface area contributed by atoms with Crippen LogP contribution in [0.5, 0.6) is 0 Å². The van der Waals surface area contributed by atoms with Gasteiger partial charge in [0.2, 0.25) is 5.91 Å². The molecule has 2 heterocycles. The number of piperazine rings is 1. The van der Waals surface area contributed by atoms with Gasteiger partial charge in [-0.05, 0) is 26.7 Å². The number of carbonyl (C=O) groups is 3. The van der Waals surface area contributed by atoms with Crippen molar-refractivity contribution in [1.29, 1.82) is 0 Å². The van der Waals surface area contributed by atoms with Crippen molar-refractivity contribution in [3.8, 4) is 0 Å². The van der Waals surface area contributed by atoms with E-state index in [0.29, 0.717) is 45.0 Å². The van der Waals surface area contributed by atoms with Crippen LogP contribution in [-0.4, -0.2) is 87.9 Å². The second-order valence-electron chi connectivity index (χ2n) is 7.09. The summed E-state index contributed by atoms with van der Waals surface area (Å²) in [6, 6.07) is 0.184. The maximum absolute atomic E-state index is 12.7. The molecule has 0 aromatic carbocycles. The molecule has 0 unspecified atom stereocenters. The van der Waals surface area contributed by atoms with E-state index in [1.807, 2.05) is 6.92 Å². The normalized spacial score (nSPS) is 16.6. The molecule has 1 aliphatic heterocycles. The SMILES string of the molecule is CCOC(=O)N1CCN(C(=O)CCN(C(=O)c2cnc(C)cn2)C2CC2)CC1. The van der Waals surface area contributed by atoms with Crippen molar-refractivity contribution in [3.05, 3.63) is 23.8 Å². The first-order valence-electron chi connectivity index (χ1n) is 9.78. The summed E-state index contributed by atoms with van der Waals surface area (Å²) in [7, 11) is 0. The lowest BCUT2D eigenvalue weighted by molar-refractivity contribution is -0.133. The predicted molar refractivity (Wildman–Crippen MR) is 101 cm³/mol. The van der Waals surface area contributed by atoms with Crippen LogP contribution < -0.4 is 0 Å². The largest absolute Gasteiger partial charge is 0.450 e. The van der Waals surface area contributed by atoms with Gasteiger partial charge >= 0.3 is 6.09 Å². The van der Waals surface area contributed by atoms with Crippen molar-refractivity contribution >= 4 is 17.9 Å². The Bertz CT molecular complexity index is 712. The highest BCUT2D eigenvalue weighted by Gasteiger charge is 2.34. The number of hydrogen-bond donors (Lipinski definition) is 0. The Morgan fingerprint density at radius 1 is 1.11 bits per heavy atom. The van der Waals surface area contributed by atoms with Crippen molar-refractivity contribution in [2.24, 2.45) is 0 Å². The number of amides is 3. The minimum absolute atomic E-state index is 0.00282. The Hall–Kier alpha value is -2.71. The summed E-state index contributed by atoms with van der Waals surface area (Å²) in [6.07, 6.45) is 4.91. The molecule has 0 radical (unpaired) electrons. The molecule has 1 saturated heterocycles. The van der Waals surface area contributed by atoms with E-state index in [4.69, 9.17) is 4.74 Å². The molecular formula is C19H27N5O4. The average Bonchev–Trinajstić information content (AvgIpc) is 3.54. The second kappa shape index (κ2) is 8.99. The zero-order valence-electron chi connectivity index (χ0n) is 16.5. The fraction of sp³-hybridized carbons (Fsp3) is 0.632. The van der Waals surface area contributed by atoms with E-state index in [-0.39, 0.29) is 30.4 Å². The number of rotatable bonds is 6. The smallest absolute Gasteiger partial charge is 0.409 e. The lowest BCUT2D eigenvalue weighted by Crippen LogP contribution is -2.51. The van der Waals surface area contributed by atoms with Crippen molar-refractivity contribution in [2.75, 3.05) is 39.3 Å². The monoisotopic (exact) mass is 389 g/mol. The van der Waals surface area contributed by atoms with Crippen LogP contribution in [0.3, 0.4) is 0 Å². The molecule has 9 nitrogen and oxygen atoms in total. The van der Waals surface area contributed by atoms with E-state index in [1.54, 1.807) is 27.8 Å². The van der Waals surface area contributed by atoms with Crippen molar-refractivity contribution in [3.63, 3.8) is 0 Å². The lowest BCUT2D eigenvalue weighted by Gasteiger charge is -2.34. The van der Waals surface area contributed by atoms with Crippen molar-refractivity contribution < 1.29 is 19.1 Å². The average molecular weight is 389 g/mol. The number of nitrogens with zero attached hydrogens (tertiary/aromatic N) is 5. The van der Waals surface area contributed by atoms with Crippen LogP contribution in [0.2, 0.25) is 0 Å². The van der Waals surface area contributed by atoms with Gasteiger partial charge in [0.15, 0.2) is 0 Å². The number of aromatic nitrogens is 2. The maximum atomic E-state index is 12.7. The van der Waals surface area contributed by atoms with Gasteiger partial charge in [-0.25, -0.2) is 9.78 Å². The predicted octanol–water partition coefficient (Wildman–Crippen LogP) is 1.08. The summed E-state index contributed by atoms with van der Waals surface area (Å²) in [5.41, 5.74) is 1.07. The molecule has 1 aromatic heterocycles. The van der Waals surface area contributed by atoms with Crippen molar-refractivity contribution in [1.82, 2.24) is 24.7 Å². The number of aryl methyl sites for hydroxylation is 1. The first-order chi connectivity index (χ1) is 13.5. The van der Waals surface area contributed by atoms with Gasteiger partial charge < -0.3 is 19.4 Å². The van der Waals surface area contributed by atoms with Crippen LogP contribution in [0.15, 0.2) is 12.4 Å². The van der Waals surface area contributed by atoms with Crippen LogP contribution in [-0.2, 0) is 9.53 Å². The minimum Gasteiger partial charge on any atom is -0.450 e. The third-order valence-electron chi connectivity index (χ3n) is 4.97. The molecule has 0 bridgehead atoms. The summed E-state index contributed by atoms with van der Waals surface area (Å²) in [4.78, 5) is 50.5. The number of ether oxygens (including phenoxy) is 1. The third kappa shape index (κ3) is 4.96. The molecule has 0 spiro atoms. The molecule has 1 aromatic rings. The van der Waals surface area contributed by atoms with E-state index in [2.05, 4.69) is 9.97 Å². The van der Waals surface area contributed by atoms with Gasteiger partial charge in [-0.2, -0.15) is 0 Å². The molecule has 152 valence electrons. The van der Waals surface area contributed by atoms with Gasteiger partial charge in [0, 0.05) is 51.4 Å². The minimum atomic E-state index is -0.334. The molecule has 3 rings (SSSR count). The quantitative estimate of drug-likeness (QED) is 0.722. The highest BCUT2D eigenvalue weighted by atomic mass is 16.6. The fourth-order valence-electron chi connectivity index (χ4n) is 3.21. The molecule has 2 fully saturated rings. The highest BCUT2D eigenvalue weighted by molar-refractivity contribution is 5.92. The summed E-state index contributed by atoms with van der Waals surface area (Å²) >= 11 is 0. The third-order valence-corrected chi connectivity index (χ3v) is 4.97. The molecule has 1 aliphatic carbocycles. The van der Waals surface area contributed by atoms with E-state index in [1.165, 1.54) is 6.20 Å². The fourth-order valence-corrected chi connectivity index (χ4v) is 3.21. The Balaban J connectivity index is 1.50. The Labute approximate surface area is 164 Å². The molecule has 2 aliphatic rings. The van der Waals surface area contributed by atoms with Gasteiger partial charge in [-0.15, -0.1) is 0 Å². The van der Waals surface area contributed by atoms with Gasteiger partial charge in [-0.3, -0.25) is 14.6 Å². The molecule has 28 heavy (non-hydrogen) atoms. The van der Waals surface area contributed by atoms with Crippen LogP contribution in [0.4, 0.5) is 4.79 Å². The Morgan fingerprint density at radius 3 is 2.36 bits per heavy atom. The summed E-state index contributed by atoms with van der Waals surface area (Å²) in [6.45, 7) is 6.21. The molecule has 3 amide bonds. The first-order valence-corrected chi connectivity index (χ1v) is 9.78. The van der Waals surface area contributed by atoms with E-state index >= 15 is 0 Å². The van der Waals surface area contributed by atoms with Crippen LogP contribution in [0, 0.1) is 6.92 Å². The van der Waals surface area contributed by atoms with Crippen LogP contribution in [0.1, 0.15) is 42.4 Å². The molecule has 9 heteroatoms. The Kier molecular flexibility index (Phi) is 6.43. The summed E-state index contributed by atoms with van der Waals surface area (Å²) in [5, 5.41) is 0. The highest BCUT2D eigenvalue weighted by Crippen LogP contribution is 2.28. The van der Waals surface area contributed by atoms with Gasteiger partial charge in [0.25, 0.3) is 5.91 Å². The number of hydrogen-bond acceptors (Lipinski definition) is 6. The Morgan fingerprint density at radius 2 is 1.79 bits per heavy atom. The van der Waals surface area contributed by atoms with Gasteiger partial charge in [0.05, 0.1) is 18.5 Å². The van der Waals surface area contributed by atoms with Crippen molar-refractivity contribution in [2.45, 2.75) is 39.2 Å². The lowest BCUT2D eigenvalue weighted by atomic mass is 10.2. The molecule has 1 saturated carbocycles. The van der Waals surface area contributed by atoms with Crippen LogP contribution in [0.25, 0.3) is 0 Å². The van der Waals surface area contributed by atoms with Crippen LogP contribution >= 0.6 is 0 Å². The summed E-state index contributed by atoms with van der Waals surface area (Å²) < 4.78 is 4.99. The molecule has 0 N–H and O–H groups in total. The molecule has 0 atom stereocenters. The van der Waals surface area contributed by atoms with E-state index in [0.717, 1.165) is 18.5 Å². The first kappa shape index (κ1) is 20.0. The maximum Gasteiger partial charge on any atom is 0.409 e. The van der Waals surface area contributed by atoms with E-state index in [9.17, 15) is 14.4 Å². The molecular weight excluding hydrogens is 362 g/mol. The zero-order valence-corrected chi connectivity index (χ0v) is 16.5. The number of carbonyl (C=O) groups excluding carboxylic acids is 3. The van der Waals surface area contributed by atoms with E-state index < -0.39 is 0 Å². The standard InChI is InChI=1S/C19H27N5O4/c1-3-28-19(27)23-10-8-22(9-11-23)17(25)6-7-24(15-4-5-15)18(26)16-13-20-14(2)12-21-16/h12-13,15H,3-11H2,1-2H3. The second-order valence-corrected chi connectivity index (χ2v) is 7.09. The topological polar surface area (TPSA) is 95.9 Å². The van der Waals surface area contributed by atoms with Gasteiger partial charge in [-0.1, -0.05) is 0 Å². The summed E-state index contributed by atoms with van der Waals surface area (Å²) in [5.74, 6) is -0.174. The van der Waals surface area contributed by atoms with Gasteiger partial charge in [0.1, 0.15) is 5.69 Å².